The van der Waals surface area contributed by atoms with E-state index in [9.17, 15) is 0 Å². The molecule has 0 amide bonds. The third-order valence-electron chi connectivity index (χ3n) is 4.04. The Balaban J connectivity index is 1.74. The average molecular weight is 357 g/mol. The molecular formula is C22H19N3S. The number of nitriles is 1. The lowest BCUT2D eigenvalue weighted by atomic mass is 9.99. The molecule has 2 N–H and O–H groups in total. The summed E-state index contributed by atoms with van der Waals surface area (Å²) in [6.45, 7) is 0. The third kappa shape index (κ3) is 4.69. The number of rotatable bonds is 5. The Morgan fingerprint density at radius 3 is 1.88 bits per heavy atom. The molecule has 0 aromatic heterocycles. The first-order chi connectivity index (χ1) is 12.8. The molecule has 0 unspecified atom stereocenters. The number of hydrogen-bond acceptors (Lipinski definition) is 2. The quantitative estimate of drug-likeness (QED) is 0.642. The highest BCUT2D eigenvalue weighted by molar-refractivity contribution is 7.80. The van der Waals surface area contributed by atoms with Crippen molar-refractivity contribution >= 4 is 23.0 Å². The van der Waals surface area contributed by atoms with Crippen LogP contribution in [-0.4, -0.2) is 5.11 Å². The molecule has 0 aliphatic rings. The smallest absolute Gasteiger partial charge is 0.171 e. The summed E-state index contributed by atoms with van der Waals surface area (Å²) < 4.78 is 0. The van der Waals surface area contributed by atoms with Crippen LogP contribution in [0.15, 0.2) is 84.9 Å². The summed E-state index contributed by atoms with van der Waals surface area (Å²) in [5.41, 5.74) is 4.17. The number of nitrogens with zero attached hydrogens (tertiary/aromatic N) is 1. The van der Waals surface area contributed by atoms with Crippen molar-refractivity contribution in [1.29, 1.82) is 5.26 Å². The second kappa shape index (κ2) is 8.80. The summed E-state index contributed by atoms with van der Waals surface area (Å²) in [6, 6.07) is 30.3. The number of nitrogens with one attached hydrogen (secondary N) is 2. The largest absolute Gasteiger partial charge is 0.352 e. The van der Waals surface area contributed by atoms with Gasteiger partial charge in [-0.3, -0.25) is 0 Å². The minimum atomic E-state index is -0.0322. The Morgan fingerprint density at radius 2 is 1.38 bits per heavy atom. The van der Waals surface area contributed by atoms with Gasteiger partial charge in [-0.2, -0.15) is 5.26 Å². The molecule has 0 bridgehead atoms. The fourth-order valence-corrected chi connectivity index (χ4v) is 2.98. The van der Waals surface area contributed by atoms with Gasteiger partial charge in [-0.05, 0) is 41.0 Å². The maximum atomic E-state index is 8.75. The van der Waals surface area contributed by atoms with Crippen LogP contribution >= 0.6 is 12.2 Å². The van der Waals surface area contributed by atoms with Gasteiger partial charge in [0.2, 0.25) is 0 Å². The molecule has 0 aliphatic carbocycles. The van der Waals surface area contributed by atoms with Crippen molar-refractivity contribution in [3.8, 4) is 6.07 Å². The molecule has 0 atom stereocenters. The van der Waals surface area contributed by atoms with E-state index in [1.165, 1.54) is 0 Å². The van der Waals surface area contributed by atoms with Gasteiger partial charge in [0, 0.05) is 5.69 Å². The van der Waals surface area contributed by atoms with Crippen LogP contribution in [0, 0.1) is 11.3 Å². The van der Waals surface area contributed by atoms with Crippen molar-refractivity contribution in [2.24, 2.45) is 0 Å². The van der Waals surface area contributed by atoms with E-state index >= 15 is 0 Å². The fourth-order valence-electron chi connectivity index (χ4n) is 2.75. The molecule has 0 saturated carbocycles. The molecule has 3 rings (SSSR count). The van der Waals surface area contributed by atoms with Gasteiger partial charge in [-0.1, -0.05) is 72.8 Å². The lowest BCUT2D eigenvalue weighted by molar-refractivity contribution is 0.769. The first kappa shape index (κ1) is 17.7. The van der Waals surface area contributed by atoms with Crippen molar-refractivity contribution in [2.75, 3.05) is 5.32 Å². The molecule has 0 fully saturated rings. The maximum absolute atomic E-state index is 8.75. The summed E-state index contributed by atoms with van der Waals surface area (Å²) in [5, 5.41) is 15.9. The van der Waals surface area contributed by atoms with E-state index in [-0.39, 0.29) is 6.04 Å². The predicted octanol–water partition coefficient (Wildman–Crippen LogP) is 4.83. The van der Waals surface area contributed by atoms with Crippen LogP contribution in [0.4, 0.5) is 5.69 Å². The first-order valence-electron chi connectivity index (χ1n) is 8.39. The molecule has 3 aromatic carbocycles. The summed E-state index contributed by atoms with van der Waals surface area (Å²) in [5.74, 6) is 0. The van der Waals surface area contributed by atoms with Gasteiger partial charge in [0.25, 0.3) is 0 Å². The zero-order chi connectivity index (χ0) is 18.2. The van der Waals surface area contributed by atoms with Gasteiger partial charge in [-0.15, -0.1) is 0 Å². The highest BCUT2D eigenvalue weighted by Crippen LogP contribution is 2.22. The van der Waals surface area contributed by atoms with Crippen molar-refractivity contribution < 1.29 is 0 Å². The molecule has 0 spiro atoms. The van der Waals surface area contributed by atoms with Gasteiger partial charge in [-0.25, -0.2) is 0 Å². The Hall–Kier alpha value is -3.16. The van der Waals surface area contributed by atoms with E-state index in [4.69, 9.17) is 17.5 Å². The van der Waals surface area contributed by atoms with E-state index in [2.05, 4.69) is 41.0 Å². The summed E-state index contributed by atoms with van der Waals surface area (Å²) in [6.07, 6.45) is 0.410. The molecule has 0 saturated heterocycles. The number of benzene rings is 3. The van der Waals surface area contributed by atoms with Crippen molar-refractivity contribution in [1.82, 2.24) is 5.32 Å². The van der Waals surface area contributed by atoms with E-state index in [0.717, 1.165) is 22.4 Å². The van der Waals surface area contributed by atoms with E-state index in [0.29, 0.717) is 11.5 Å². The highest BCUT2D eigenvalue weighted by Gasteiger charge is 2.14. The van der Waals surface area contributed by atoms with Gasteiger partial charge < -0.3 is 10.6 Å². The van der Waals surface area contributed by atoms with Crippen LogP contribution in [0.2, 0.25) is 0 Å². The molecule has 26 heavy (non-hydrogen) atoms. The minimum Gasteiger partial charge on any atom is -0.352 e. The molecule has 0 heterocycles. The van der Waals surface area contributed by atoms with Crippen molar-refractivity contribution in [3.05, 3.63) is 102 Å². The van der Waals surface area contributed by atoms with Crippen LogP contribution < -0.4 is 10.6 Å². The van der Waals surface area contributed by atoms with E-state index < -0.39 is 0 Å². The fraction of sp³-hybridized carbons (Fsp3) is 0.0909. The van der Waals surface area contributed by atoms with Gasteiger partial charge in [0.05, 0.1) is 18.5 Å². The molecule has 4 heteroatoms. The number of hydrogen-bond donors (Lipinski definition) is 2. The van der Waals surface area contributed by atoms with Crippen LogP contribution in [0.1, 0.15) is 22.7 Å². The minimum absolute atomic E-state index is 0.0322. The Labute approximate surface area is 159 Å². The zero-order valence-electron chi connectivity index (χ0n) is 14.2. The van der Waals surface area contributed by atoms with E-state index in [1.807, 2.05) is 60.7 Å². The average Bonchev–Trinajstić information content (AvgIpc) is 2.69. The summed E-state index contributed by atoms with van der Waals surface area (Å²) in [4.78, 5) is 0. The topological polar surface area (TPSA) is 47.9 Å². The van der Waals surface area contributed by atoms with Crippen molar-refractivity contribution in [2.45, 2.75) is 12.5 Å². The summed E-state index contributed by atoms with van der Waals surface area (Å²) >= 11 is 5.52. The van der Waals surface area contributed by atoms with Gasteiger partial charge >= 0.3 is 0 Å². The predicted molar refractivity (Wildman–Crippen MR) is 110 cm³/mol. The second-order valence-corrected chi connectivity index (χ2v) is 6.29. The Morgan fingerprint density at radius 1 is 0.846 bits per heavy atom. The Bertz CT molecular complexity index is 845. The highest BCUT2D eigenvalue weighted by atomic mass is 32.1. The molecule has 3 nitrogen and oxygen atoms in total. The second-order valence-electron chi connectivity index (χ2n) is 5.88. The molecular weight excluding hydrogens is 338 g/mol. The van der Waals surface area contributed by atoms with Crippen LogP contribution in [0.3, 0.4) is 0 Å². The monoisotopic (exact) mass is 357 g/mol. The van der Waals surface area contributed by atoms with Crippen LogP contribution in [-0.2, 0) is 6.42 Å². The van der Waals surface area contributed by atoms with Gasteiger partial charge in [0.1, 0.15) is 0 Å². The van der Waals surface area contributed by atoms with Crippen molar-refractivity contribution in [3.63, 3.8) is 0 Å². The summed E-state index contributed by atoms with van der Waals surface area (Å²) in [7, 11) is 0. The van der Waals surface area contributed by atoms with Gasteiger partial charge in [0.15, 0.2) is 5.11 Å². The van der Waals surface area contributed by atoms with Crippen LogP contribution in [0.25, 0.3) is 0 Å². The lowest BCUT2D eigenvalue weighted by Crippen LogP contribution is -2.33. The zero-order valence-corrected chi connectivity index (χ0v) is 15.0. The first-order valence-corrected chi connectivity index (χ1v) is 8.80. The molecule has 3 aromatic rings. The number of anilines is 1. The van der Waals surface area contributed by atoms with E-state index in [1.54, 1.807) is 0 Å². The maximum Gasteiger partial charge on any atom is 0.171 e. The van der Waals surface area contributed by atoms with Crippen LogP contribution in [0.5, 0.6) is 0 Å². The molecule has 128 valence electrons. The SMILES string of the molecule is N#CCc1ccc(NC(=S)NC(c2ccccc2)c2ccccc2)cc1. The number of thiocarbonyl (C=S) groups is 1. The lowest BCUT2D eigenvalue weighted by Gasteiger charge is -2.22. The normalized spacial score (nSPS) is 10.2. The third-order valence-corrected chi connectivity index (χ3v) is 4.26. The molecule has 0 radical (unpaired) electrons. The standard InChI is InChI=1S/C22H19N3S/c23-16-15-17-11-13-20(14-12-17)24-22(26)25-21(18-7-3-1-4-8-18)19-9-5-2-6-10-19/h1-14,21H,15H2,(H2,24,25,26). The molecule has 0 aliphatic heterocycles. The Kier molecular flexibility index (Phi) is 5.97.